The Morgan fingerprint density at radius 1 is 1.09 bits per heavy atom. The third-order valence-corrected chi connectivity index (χ3v) is 4.22. The number of amides is 1. The summed E-state index contributed by atoms with van der Waals surface area (Å²) in [4.78, 5) is 12.2. The molecule has 1 N–H and O–H groups in total. The van der Waals surface area contributed by atoms with Crippen molar-refractivity contribution in [2.45, 2.75) is 20.3 Å². The van der Waals surface area contributed by atoms with E-state index in [-0.39, 0.29) is 5.91 Å². The van der Waals surface area contributed by atoms with Gasteiger partial charge >= 0.3 is 0 Å². The summed E-state index contributed by atoms with van der Waals surface area (Å²) >= 11 is 0. The molecule has 114 valence electrons. The molecule has 0 spiro atoms. The lowest BCUT2D eigenvalue weighted by molar-refractivity contribution is -0.115. The van der Waals surface area contributed by atoms with Gasteiger partial charge in [0.05, 0.1) is 29.2 Å². The van der Waals surface area contributed by atoms with Crippen molar-refractivity contribution in [3.63, 3.8) is 0 Å². The number of hydrogen-bond acceptors (Lipinski definition) is 2. The second-order valence-electron chi connectivity index (χ2n) is 5.93. The molecule has 2 aromatic carbocycles. The molecule has 23 heavy (non-hydrogen) atoms. The molecule has 1 aliphatic heterocycles. The molecular formula is C19H17N3O. The number of anilines is 1. The average molecular weight is 303 g/mol. The molecule has 1 aromatic heterocycles. The quantitative estimate of drug-likeness (QED) is 0.746. The standard InChI is InChI=1S/C19H17N3O/c1-12-6-5-7-14(10-12)22-19-15-8-3-4-9-17(15)20-18(23)11-16(19)13(2)21-22/h3-10H,11H2,1-2H3,(H,20,23). The first-order chi connectivity index (χ1) is 11.1. The largest absolute Gasteiger partial charge is 0.325 e. The summed E-state index contributed by atoms with van der Waals surface area (Å²) in [6.45, 7) is 4.03. The zero-order valence-corrected chi connectivity index (χ0v) is 13.1. The van der Waals surface area contributed by atoms with E-state index in [4.69, 9.17) is 5.10 Å². The number of aryl methyl sites for hydroxylation is 2. The second-order valence-corrected chi connectivity index (χ2v) is 5.93. The normalized spacial score (nSPS) is 13.0. The Bertz CT molecular complexity index is 924. The summed E-state index contributed by atoms with van der Waals surface area (Å²) in [5.74, 6) is 0.00286. The molecule has 4 rings (SSSR count). The summed E-state index contributed by atoms with van der Waals surface area (Å²) in [5.41, 5.74) is 6.93. The van der Waals surface area contributed by atoms with Gasteiger partial charge in [-0.25, -0.2) is 4.68 Å². The molecule has 0 fully saturated rings. The number of nitrogens with one attached hydrogen (secondary N) is 1. The molecule has 0 bridgehead atoms. The van der Waals surface area contributed by atoms with Gasteiger partial charge in [-0.2, -0.15) is 5.10 Å². The van der Waals surface area contributed by atoms with Gasteiger partial charge in [-0.05, 0) is 37.6 Å². The fourth-order valence-corrected chi connectivity index (χ4v) is 3.15. The van der Waals surface area contributed by atoms with E-state index >= 15 is 0 Å². The maximum atomic E-state index is 12.2. The summed E-state index contributed by atoms with van der Waals surface area (Å²) in [7, 11) is 0. The van der Waals surface area contributed by atoms with Gasteiger partial charge in [0, 0.05) is 11.1 Å². The Hall–Kier alpha value is -2.88. The molecule has 0 saturated carbocycles. The lowest BCUT2D eigenvalue weighted by Gasteiger charge is -2.11. The van der Waals surface area contributed by atoms with Gasteiger partial charge in [-0.3, -0.25) is 4.79 Å². The number of hydrogen-bond donors (Lipinski definition) is 1. The number of carbonyl (C=O) groups excluding carboxylic acids is 1. The summed E-state index contributed by atoms with van der Waals surface area (Å²) < 4.78 is 1.96. The van der Waals surface area contributed by atoms with Crippen LogP contribution in [0.15, 0.2) is 48.5 Å². The molecule has 0 aliphatic carbocycles. The van der Waals surface area contributed by atoms with Crippen molar-refractivity contribution in [1.29, 1.82) is 0 Å². The minimum atomic E-state index is 0.00286. The highest BCUT2D eigenvalue weighted by atomic mass is 16.1. The minimum absolute atomic E-state index is 0.00286. The van der Waals surface area contributed by atoms with Gasteiger partial charge in [-0.1, -0.05) is 30.3 Å². The van der Waals surface area contributed by atoms with E-state index in [2.05, 4.69) is 24.4 Å². The molecule has 0 radical (unpaired) electrons. The summed E-state index contributed by atoms with van der Waals surface area (Å²) in [5, 5.41) is 7.71. The van der Waals surface area contributed by atoms with E-state index in [1.165, 1.54) is 5.56 Å². The monoisotopic (exact) mass is 303 g/mol. The molecular weight excluding hydrogens is 286 g/mol. The highest BCUT2D eigenvalue weighted by Gasteiger charge is 2.25. The zero-order valence-electron chi connectivity index (χ0n) is 13.1. The van der Waals surface area contributed by atoms with Gasteiger partial charge in [0.1, 0.15) is 0 Å². The first-order valence-corrected chi connectivity index (χ1v) is 7.68. The van der Waals surface area contributed by atoms with E-state index in [0.717, 1.165) is 33.9 Å². The predicted molar refractivity (Wildman–Crippen MR) is 90.8 cm³/mol. The number of fused-ring (bicyclic) bond motifs is 3. The molecule has 4 heteroatoms. The maximum absolute atomic E-state index is 12.2. The van der Waals surface area contributed by atoms with E-state index in [1.54, 1.807) is 0 Å². The molecule has 3 aromatic rings. The molecule has 4 nitrogen and oxygen atoms in total. The van der Waals surface area contributed by atoms with E-state index in [9.17, 15) is 4.79 Å². The SMILES string of the molecule is Cc1cccc(-n2nc(C)c3c2-c2ccccc2NC(=O)C3)c1. The maximum Gasteiger partial charge on any atom is 0.228 e. The van der Waals surface area contributed by atoms with Crippen LogP contribution in [0.2, 0.25) is 0 Å². The van der Waals surface area contributed by atoms with Crippen molar-refractivity contribution < 1.29 is 4.79 Å². The van der Waals surface area contributed by atoms with Crippen molar-refractivity contribution in [1.82, 2.24) is 9.78 Å². The van der Waals surface area contributed by atoms with Gasteiger partial charge in [-0.15, -0.1) is 0 Å². The zero-order chi connectivity index (χ0) is 16.0. The Morgan fingerprint density at radius 2 is 1.91 bits per heavy atom. The van der Waals surface area contributed by atoms with Crippen LogP contribution in [0.25, 0.3) is 16.9 Å². The Kier molecular flexibility index (Phi) is 3.05. The lowest BCUT2D eigenvalue weighted by Crippen LogP contribution is -2.12. The third-order valence-electron chi connectivity index (χ3n) is 4.22. The third kappa shape index (κ3) is 2.23. The Morgan fingerprint density at radius 3 is 2.74 bits per heavy atom. The van der Waals surface area contributed by atoms with Crippen LogP contribution in [0.5, 0.6) is 0 Å². The minimum Gasteiger partial charge on any atom is -0.325 e. The van der Waals surface area contributed by atoms with Crippen LogP contribution in [-0.4, -0.2) is 15.7 Å². The van der Waals surface area contributed by atoms with Crippen molar-refractivity contribution in [3.05, 3.63) is 65.4 Å². The van der Waals surface area contributed by atoms with Crippen LogP contribution in [0.1, 0.15) is 16.8 Å². The van der Waals surface area contributed by atoms with Crippen LogP contribution < -0.4 is 5.32 Å². The highest BCUT2D eigenvalue weighted by molar-refractivity contribution is 6.00. The highest BCUT2D eigenvalue weighted by Crippen LogP contribution is 2.36. The molecule has 1 amide bonds. The van der Waals surface area contributed by atoms with Gasteiger partial charge in [0.2, 0.25) is 5.91 Å². The fraction of sp³-hybridized carbons (Fsp3) is 0.158. The number of nitrogens with zero attached hydrogens (tertiary/aromatic N) is 2. The number of aromatic nitrogens is 2. The fourth-order valence-electron chi connectivity index (χ4n) is 3.15. The number of rotatable bonds is 1. The van der Waals surface area contributed by atoms with E-state index in [0.29, 0.717) is 6.42 Å². The second kappa shape index (κ2) is 5.09. The average Bonchev–Trinajstić information content (AvgIpc) is 2.76. The van der Waals surface area contributed by atoms with Crippen LogP contribution in [0, 0.1) is 13.8 Å². The van der Waals surface area contributed by atoms with Gasteiger partial charge in [0.25, 0.3) is 0 Å². The smallest absolute Gasteiger partial charge is 0.228 e. The summed E-state index contributed by atoms with van der Waals surface area (Å²) in [6, 6.07) is 16.1. The van der Waals surface area contributed by atoms with E-state index < -0.39 is 0 Å². The summed E-state index contributed by atoms with van der Waals surface area (Å²) in [6.07, 6.45) is 0.349. The molecule has 0 unspecified atom stereocenters. The topological polar surface area (TPSA) is 46.9 Å². The number of benzene rings is 2. The first-order valence-electron chi connectivity index (χ1n) is 7.68. The van der Waals surface area contributed by atoms with Crippen LogP contribution >= 0.6 is 0 Å². The Balaban J connectivity index is 2.04. The number of para-hydroxylation sites is 1. The number of carbonyl (C=O) groups is 1. The molecule has 2 heterocycles. The molecule has 1 aliphatic rings. The predicted octanol–water partition coefficient (Wildman–Crippen LogP) is 3.65. The van der Waals surface area contributed by atoms with Crippen LogP contribution in [0.3, 0.4) is 0 Å². The van der Waals surface area contributed by atoms with Crippen molar-refractivity contribution >= 4 is 11.6 Å². The van der Waals surface area contributed by atoms with Crippen molar-refractivity contribution in [2.24, 2.45) is 0 Å². The van der Waals surface area contributed by atoms with Crippen LogP contribution in [-0.2, 0) is 11.2 Å². The molecule has 0 saturated heterocycles. The van der Waals surface area contributed by atoms with Crippen LogP contribution in [0.4, 0.5) is 5.69 Å². The first kappa shape index (κ1) is 13.8. The lowest BCUT2D eigenvalue weighted by atomic mass is 10.0. The van der Waals surface area contributed by atoms with Gasteiger partial charge < -0.3 is 5.32 Å². The van der Waals surface area contributed by atoms with Crippen molar-refractivity contribution in [2.75, 3.05) is 5.32 Å². The Labute approximate surface area is 134 Å². The van der Waals surface area contributed by atoms with Gasteiger partial charge in [0.15, 0.2) is 0 Å². The van der Waals surface area contributed by atoms with Crippen molar-refractivity contribution in [3.8, 4) is 16.9 Å². The van der Waals surface area contributed by atoms with E-state index in [1.807, 2.05) is 48.0 Å². The molecule has 0 atom stereocenters.